The molecule has 0 fully saturated rings. The van der Waals surface area contributed by atoms with Crippen LogP contribution in [0, 0.1) is 19.8 Å². The fourth-order valence-corrected chi connectivity index (χ4v) is 2.24. The molecule has 0 saturated heterocycles. The van der Waals surface area contributed by atoms with E-state index in [4.69, 9.17) is 9.94 Å². The summed E-state index contributed by atoms with van der Waals surface area (Å²) >= 11 is 0. The highest BCUT2D eigenvalue weighted by atomic mass is 16.6. The van der Waals surface area contributed by atoms with Crippen molar-refractivity contribution in [3.05, 3.63) is 11.4 Å². The number of aliphatic carboxylic acids is 1. The molecule has 1 aromatic heterocycles. The molecule has 0 radical (unpaired) electrons. The number of carbonyl (C=O) groups excluding carboxylic acids is 1. The van der Waals surface area contributed by atoms with Gasteiger partial charge < -0.3 is 15.3 Å². The fraction of sp³-hybridized carbons (Fsp3) is 0.571. The summed E-state index contributed by atoms with van der Waals surface area (Å²) in [6.45, 7) is 7.17. The van der Waals surface area contributed by atoms with Crippen LogP contribution in [0.3, 0.4) is 0 Å². The molecule has 0 saturated carbocycles. The van der Waals surface area contributed by atoms with Crippen LogP contribution in [0.4, 0.5) is 5.69 Å². The van der Waals surface area contributed by atoms with Crippen LogP contribution in [0.2, 0.25) is 0 Å². The lowest BCUT2D eigenvalue weighted by atomic mass is 10.0. The van der Waals surface area contributed by atoms with E-state index in [1.54, 1.807) is 13.8 Å². The van der Waals surface area contributed by atoms with E-state index >= 15 is 0 Å². The number of anilines is 1. The molecule has 1 atom stereocenters. The Morgan fingerprint density at radius 3 is 2.68 bits per heavy atom. The fourth-order valence-electron chi connectivity index (χ4n) is 2.24. The summed E-state index contributed by atoms with van der Waals surface area (Å²) in [5.41, 5.74) is 2.54. The van der Waals surface area contributed by atoms with Crippen molar-refractivity contribution in [3.8, 4) is 0 Å². The Bertz CT molecular complexity index is 633. The largest absolute Gasteiger partial charge is 0.480 e. The van der Waals surface area contributed by atoms with E-state index in [9.17, 15) is 9.59 Å². The number of rotatable bonds is 5. The maximum absolute atomic E-state index is 12.3. The van der Waals surface area contributed by atoms with E-state index in [0.717, 1.165) is 5.71 Å². The monoisotopic (exact) mass is 308 g/mol. The van der Waals surface area contributed by atoms with Crippen molar-refractivity contribution in [2.45, 2.75) is 46.8 Å². The first-order valence-corrected chi connectivity index (χ1v) is 7.08. The third kappa shape index (κ3) is 3.26. The molecule has 0 aromatic carbocycles. The van der Waals surface area contributed by atoms with Crippen LogP contribution in [0.15, 0.2) is 5.16 Å². The lowest BCUT2D eigenvalue weighted by Crippen LogP contribution is -2.29. The van der Waals surface area contributed by atoms with Crippen LogP contribution in [0.1, 0.15) is 31.7 Å². The molecule has 2 rings (SSSR count). The number of carbonyl (C=O) groups is 2. The van der Waals surface area contributed by atoms with Crippen LogP contribution >= 0.6 is 0 Å². The predicted molar refractivity (Wildman–Crippen MR) is 79.7 cm³/mol. The molecule has 8 heteroatoms. The van der Waals surface area contributed by atoms with Gasteiger partial charge in [-0.2, -0.15) is 5.10 Å². The summed E-state index contributed by atoms with van der Waals surface area (Å²) in [4.78, 5) is 28.2. The van der Waals surface area contributed by atoms with Crippen LogP contribution in [0.5, 0.6) is 0 Å². The average Bonchev–Trinajstić information content (AvgIpc) is 3.00. The van der Waals surface area contributed by atoms with Gasteiger partial charge in [0.05, 0.1) is 22.8 Å². The predicted octanol–water partition coefficient (Wildman–Crippen LogP) is 1.32. The summed E-state index contributed by atoms with van der Waals surface area (Å²) in [7, 11) is 0. The minimum atomic E-state index is -0.988. The Kier molecular flexibility index (Phi) is 4.48. The van der Waals surface area contributed by atoms with Crippen molar-refractivity contribution in [1.82, 2.24) is 9.78 Å². The molecule has 0 unspecified atom stereocenters. The van der Waals surface area contributed by atoms with Crippen LogP contribution in [-0.2, 0) is 21.0 Å². The molecule has 2 N–H and O–H groups in total. The van der Waals surface area contributed by atoms with Gasteiger partial charge in [0.1, 0.15) is 6.54 Å². The highest BCUT2D eigenvalue weighted by Crippen LogP contribution is 2.22. The van der Waals surface area contributed by atoms with Gasteiger partial charge in [-0.3, -0.25) is 14.3 Å². The third-order valence-corrected chi connectivity index (χ3v) is 3.57. The Labute approximate surface area is 128 Å². The van der Waals surface area contributed by atoms with Crippen molar-refractivity contribution in [1.29, 1.82) is 0 Å². The van der Waals surface area contributed by atoms with Crippen LogP contribution in [-0.4, -0.2) is 38.6 Å². The summed E-state index contributed by atoms with van der Waals surface area (Å²) < 4.78 is 1.35. The van der Waals surface area contributed by atoms with Crippen LogP contribution < -0.4 is 5.32 Å². The maximum Gasteiger partial charge on any atom is 0.325 e. The number of aromatic nitrogens is 2. The minimum Gasteiger partial charge on any atom is -0.480 e. The number of carboxylic acid groups (broad SMARTS) is 1. The highest BCUT2D eigenvalue weighted by molar-refractivity contribution is 6.00. The number of hydrogen-bond acceptors (Lipinski definition) is 5. The van der Waals surface area contributed by atoms with Gasteiger partial charge in [-0.05, 0) is 19.8 Å². The molecule has 120 valence electrons. The molecule has 0 bridgehead atoms. The molecule has 1 aromatic rings. The molecule has 1 aliphatic heterocycles. The van der Waals surface area contributed by atoms with Gasteiger partial charge >= 0.3 is 5.97 Å². The minimum absolute atomic E-state index is 0.236. The smallest absolute Gasteiger partial charge is 0.325 e. The second-order valence-corrected chi connectivity index (χ2v) is 5.62. The first kappa shape index (κ1) is 16.0. The normalized spacial score (nSPS) is 17.3. The Morgan fingerprint density at radius 1 is 1.45 bits per heavy atom. The van der Waals surface area contributed by atoms with Crippen molar-refractivity contribution in [2.24, 2.45) is 11.1 Å². The van der Waals surface area contributed by atoms with Gasteiger partial charge in [-0.15, -0.1) is 0 Å². The van der Waals surface area contributed by atoms with E-state index in [0.29, 0.717) is 23.5 Å². The average molecular weight is 308 g/mol. The quantitative estimate of drug-likeness (QED) is 0.853. The summed E-state index contributed by atoms with van der Waals surface area (Å²) in [5.74, 6) is -1.06. The Morgan fingerprint density at radius 2 is 2.14 bits per heavy atom. The van der Waals surface area contributed by atoms with E-state index in [1.165, 1.54) is 4.68 Å². The number of amides is 1. The van der Waals surface area contributed by atoms with Gasteiger partial charge in [0.2, 0.25) is 6.10 Å². The van der Waals surface area contributed by atoms with Crippen molar-refractivity contribution < 1.29 is 19.5 Å². The number of carboxylic acids is 1. The molecule has 22 heavy (non-hydrogen) atoms. The van der Waals surface area contributed by atoms with Gasteiger partial charge in [0.25, 0.3) is 5.91 Å². The van der Waals surface area contributed by atoms with E-state index < -0.39 is 12.1 Å². The number of hydrogen-bond donors (Lipinski definition) is 2. The van der Waals surface area contributed by atoms with Crippen LogP contribution in [0.25, 0.3) is 0 Å². The zero-order chi connectivity index (χ0) is 16.4. The molecule has 2 heterocycles. The molecule has 1 amide bonds. The first-order valence-electron chi connectivity index (χ1n) is 7.08. The number of nitrogens with one attached hydrogen (secondary N) is 1. The van der Waals surface area contributed by atoms with Gasteiger partial charge in [0.15, 0.2) is 0 Å². The zero-order valence-corrected chi connectivity index (χ0v) is 13.1. The van der Waals surface area contributed by atoms with E-state index in [2.05, 4.69) is 15.6 Å². The van der Waals surface area contributed by atoms with E-state index in [1.807, 2.05) is 13.8 Å². The lowest BCUT2D eigenvalue weighted by molar-refractivity contribution is -0.138. The maximum atomic E-state index is 12.3. The second kappa shape index (κ2) is 6.17. The van der Waals surface area contributed by atoms with Crippen molar-refractivity contribution in [3.63, 3.8) is 0 Å². The number of aryl methyl sites for hydroxylation is 1. The van der Waals surface area contributed by atoms with E-state index in [-0.39, 0.29) is 18.4 Å². The topological polar surface area (TPSA) is 106 Å². The second-order valence-electron chi connectivity index (χ2n) is 5.62. The highest BCUT2D eigenvalue weighted by Gasteiger charge is 2.30. The number of nitrogens with zero attached hydrogens (tertiary/aromatic N) is 3. The van der Waals surface area contributed by atoms with Gasteiger partial charge in [-0.1, -0.05) is 19.0 Å². The Hall–Kier alpha value is -2.38. The molecular weight excluding hydrogens is 288 g/mol. The molecule has 1 aliphatic rings. The standard InChI is InChI=1S/C14H20N4O4/c1-7(2)10-5-11(22-17-10)14(21)15-13-8(3)16-18(9(13)4)6-12(19)20/h7,11H,5-6H2,1-4H3,(H,15,21)(H,19,20)/t11-/m0/s1. The first-order chi connectivity index (χ1) is 10.3. The van der Waals surface area contributed by atoms with Crippen molar-refractivity contribution >= 4 is 23.3 Å². The lowest BCUT2D eigenvalue weighted by Gasteiger charge is -2.10. The molecule has 0 aliphatic carbocycles. The zero-order valence-electron chi connectivity index (χ0n) is 13.1. The van der Waals surface area contributed by atoms with Crippen molar-refractivity contribution in [2.75, 3.05) is 5.32 Å². The van der Waals surface area contributed by atoms with Gasteiger partial charge in [0, 0.05) is 6.42 Å². The summed E-state index contributed by atoms with van der Waals surface area (Å²) in [6, 6.07) is 0. The molecular formula is C14H20N4O4. The third-order valence-electron chi connectivity index (χ3n) is 3.57. The Balaban J connectivity index is 2.07. The SMILES string of the molecule is Cc1nn(CC(=O)O)c(C)c1NC(=O)[C@@H]1CC(C(C)C)=NO1. The molecule has 8 nitrogen and oxygen atoms in total. The van der Waals surface area contributed by atoms with Gasteiger partial charge in [-0.25, -0.2) is 0 Å². The summed E-state index contributed by atoms with van der Waals surface area (Å²) in [6.07, 6.45) is -0.191. The molecule has 0 spiro atoms. The number of oxime groups is 1. The summed E-state index contributed by atoms with van der Waals surface area (Å²) in [5, 5.41) is 19.7.